The first-order valence-electron chi connectivity index (χ1n) is 3.44. The molecule has 0 spiro atoms. The standard InChI is InChI=1S/C7H9N3/c1-6-2-3-9-10-5-4-8-7(6)10/h3-6H,2H2,1H3. The van der Waals surface area contributed by atoms with Crippen molar-refractivity contribution in [1.82, 2.24) is 9.66 Å². The zero-order chi connectivity index (χ0) is 6.97. The van der Waals surface area contributed by atoms with Gasteiger partial charge in [0.2, 0.25) is 0 Å². The van der Waals surface area contributed by atoms with Gasteiger partial charge in [-0.25, -0.2) is 9.66 Å². The van der Waals surface area contributed by atoms with E-state index in [9.17, 15) is 0 Å². The van der Waals surface area contributed by atoms with Crippen molar-refractivity contribution >= 4 is 6.21 Å². The summed E-state index contributed by atoms with van der Waals surface area (Å²) in [4.78, 5) is 4.19. The molecule has 0 bridgehead atoms. The summed E-state index contributed by atoms with van der Waals surface area (Å²) in [6.45, 7) is 2.16. The molecule has 1 unspecified atom stereocenters. The molecule has 1 aliphatic heterocycles. The minimum Gasteiger partial charge on any atom is -0.239 e. The molecule has 0 saturated heterocycles. The summed E-state index contributed by atoms with van der Waals surface area (Å²) in [6, 6.07) is 0. The molecule has 2 rings (SSSR count). The highest BCUT2D eigenvalue weighted by atomic mass is 15.4. The van der Waals surface area contributed by atoms with E-state index in [4.69, 9.17) is 0 Å². The largest absolute Gasteiger partial charge is 0.239 e. The average molecular weight is 135 g/mol. The fourth-order valence-corrected chi connectivity index (χ4v) is 1.16. The summed E-state index contributed by atoms with van der Waals surface area (Å²) in [5, 5.41) is 4.13. The minimum atomic E-state index is 0.521. The highest BCUT2D eigenvalue weighted by Gasteiger charge is 2.13. The number of fused-ring (bicyclic) bond motifs is 1. The van der Waals surface area contributed by atoms with Crippen LogP contribution in [-0.2, 0) is 0 Å². The van der Waals surface area contributed by atoms with E-state index in [-0.39, 0.29) is 0 Å². The van der Waals surface area contributed by atoms with Crippen LogP contribution in [-0.4, -0.2) is 15.9 Å². The Hall–Kier alpha value is -1.12. The second-order valence-electron chi connectivity index (χ2n) is 2.56. The van der Waals surface area contributed by atoms with E-state index in [0.29, 0.717) is 5.92 Å². The van der Waals surface area contributed by atoms with Crippen molar-refractivity contribution in [1.29, 1.82) is 0 Å². The van der Waals surface area contributed by atoms with Crippen LogP contribution in [0.3, 0.4) is 0 Å². The van der Waals surface area contributed by atoms with Crippen molar-refractivity contribution in [2.45, 2.75) is 19.3 Å². The third kappa shape index (κ3) is 0.667. The van der Waals surface area contributed by atoms with E-state index in [2.05, 4.69) is 17.0 Å². The van der Waals surface area contributed by atoms with Gasteiger partial charge in [-0.3, -0.25) is 0 Å². The molecule has 52 valence electrons. The second-order valence-corrected chi connectivity index (χ2v) is 2.56. The molecule has 0 N–H and O–H groups in total. The quantitative estimate of drug-likeness (QED) is 0.526. The average Bonchev–Trinajstić information content (AvgIpc) is 2.36. The minimum absolute atomic E-state index is 0.521. The lowest BCUT2D eigenvalue weighted by molar-refractivity contribution is 0.647. The SMILES string of the molecule is CC1CC=Nn2ccnc21. The van der Waals surface area contributed by atoms with Crippen LogP contribution in [0.5, 0.6) is 0 Å². The van der Waals surface area contributed by atoms with Gasteiger partial charge in [-0.15, -0.1) is 0 Å². The Kier molecular flexibility index (Phi) is 1.09. The molecule has 0 radical (unpaired) electrons. The number of hydrogen-bond donors (Lipinski definition) is 0. The fourth-order valence-electron chi connectivity index (χ4n) is 1.16. The topological polar surface area (TPSA) is 30.2 Å². The van der Waals surface area contributed by atoms with Crippen LogP contribution >= 0.6 is 0 Å². The van der Waals surface area contributed by atoms with Gasteiger partial charge in [-0.1, -0.05) is 6.92 Å². The monoisotopic (exact) mass is 135 g/mol. The molecular weight excluding hydrogens is 126 g/mol. The number of hydrogen-bond acceptors (Lipinski definition) is 2. The molecule has 0 aliphatic carbocycles. The van der Waals surface area contributed by atoms with Crippen molar-refractivity contribution in [3.05, 3.63) is 18.2 Å². The molecule has 0 saturated carbocycles. The van der Waals surface area contributed by atoms with Gasteiger partial charge in [0.1, 0.15) is 5.82 Å². The summed E-state index contributed by atoms with van der Waals surface area (Å²) in [6.07, 6.45) is 6.60. The van der Waals surface area contributed by atoms with Crippen LogP contribution in [0.15, 0.2) is 17.5 Å². The predicted molar refractivity (Wildman–Crippen MR) is 39.1 cm³/mol. The third-order valence-corrected chi connectivity index (χ3v) is 1.76. The van der Waals surface area contributed by atoms with E-state index in [1.54, 1.807) is 6.20 Å². The highest BCUT2D eigenvalue weighted by molar-refractivity contribution is 5.59. The smallest absolute Gasteiger partial charge is 0.133 e. The number of imidazole rings is 1. The molecule has 0 amide bonds. The Morgan fingerprint density at radius 1 is 1.70 bits per heavy atom. The lowest BCUT2D eigenvalue weighted by Gasteiger charge is -2.12. The highest BCUT2D eigenvalue weighted by Crippen LogP contribution is 2.18. The summed E-state index contributed by atoms with van der Waals surface area (Å²) in [7, 11) is 0. The first-order chi connectivity index (χ1) is 4.88. The van der Waals surface area contributed by atoms with Gasteiger partial charge in [0.05, 0.1) is 0 Å². The van der Waals surface area contributed by atoms with Gasteiger partial charge in [0.25, 0.3) is 0 Å². The van der Waals surface area contributed by atoms with Crippen LogP contribution in [0.1, 0.15) is 25.1 Å². The van der Waals surface area contributed by atoms with Crippen molar-refractivity contribution in [3.8, 4) is 0 Å². The molecule has 10 heavy (non-hydrogen) atoms. The van der Waals surface area contributed by atoms with Gasteiger partial charge < -0.3 is 0 Å². The summed E-state index contributed by atoms with van der Waals surface area (Å²) in [5.74, 6) is 1.59. The first-order valence-corrected chi connectivity index (χ1v) is 3.44. The Morgan fingerprint density at radius 3 is 3.40 bits per heavy atom. The van der Waals surface area contributed by atoms with Crippen LogP contribution < -0.4 is 0 Å². The fraction of sp³-hybridized carbons (Fsp3) is 0.429. The van der Waals surface area contributed by atoms with E-state index in [0.717, 1.165) is 12.2 Å². The van der Waals surface area contributed by atoms with Crippen molar-refractivity contribution in [3.63, 3.8) is 0 Å². The van der Waals surface area contributed by atoms with E-state index < -0.39 is 0 Å². The van der Waals surface area contributed by atoms with Crippen LogP contribution in [0.2, 0.25) is 0 Å². The molecule has 2 heterocycles. The molecule has 1 aliphatic rings. The number of nitrogens with zero attached hydrogens (tertiary/aromatic N) is 3. The van der Waals surface area contributed by atoms with Crippen molar-refractivity contribution in [2.75, 3.05) is 0 Å². The van der Waals surface area contributed by atoms with Crippen molar-refractivity contribution < 1.29 is 0 Å². The molecule has 3 nitrogen and oxygen atoms in total. The van der Waals surface area contributed by atoms with Gasteiger partial charge in [0.15, 0.2) is 0 Å². The lowest BCUT2D eigenvalue weighted by Crippen LogP contribution is -2.08. The van der Waals surface area contributed by atoms with Gasteiger partial charge in [-0.2, -0.15) is 5.10 Å². The van der Waals surface area contributed by atoms with E-state index in [1.807, 2.05) is 17.1 Å². The lowest BCUT2D eigenvalue weighted by atomic mass is 10.1. The van der Waals surface area contributed by atoms with E-state index in [1.165, 1.54) is 0 Å². The molecular formula is C7H9N3. The van der Waals surface area contributed by atoms with Crippen LogP contribution in [0.25, 0.3) is 0 Å². The molecule has 1 aromatic heterocycles. The van der Waals surface area contributed by atoms with Gasteiger partial charge in [0, 0.05) is 24.5 Å². The Bertz CT molecular complexity index is 262. The van der Waals surface area contributed by atoms with Crippen molar-refractivity contribution in [2.24, 2.45) is 5.10 Å². The van der Waals surface area contributed by atoms with Gasteiger partial charge >= 0.3 is 0 Å². The maximum Gasteiger partial charge on any atom is 0.133 e. The molecule has 0 fully saturated rings. The molecule has 1 aromatic rings. The predicted octanol–water partition coefficient (Wildman–Crippen LogP) is 1.22. The summed E-state index contributed by atoms with van der Waals surface area (Å²) >= 11 is 0. The van der Waals surface area contributed by atoms with Crippen LogP contribution in [0, 0.1) is 0 Å². The maximum absolute atomic E-state index is 4.19. The second kappa shape index (κ2) is 1.94. The number of rotatable bonds is 0. The zero-order valence-corrected chi connectivity index (χ0v) is 5.86. The summed E-state index contributed by atoms with van der Waals surface area (Å²) < 4.78 is 1.83. The van der Waals surface area contributed by atoms with Gasteiger partial charge in [-0.05, 0) is 6.42 Å². The molecule has 1 atom stereocenters. The molecule has 0 aromatic carbocycles. The third-order valence-electron chi connectivity index (χ3n) is 1.76. The Labute approximate surface area is 59.4 Å². The maximum atomic E-state index is 4.19. The molecule has 3 heteroatoms. The summed E-state index contributed by atoms with van der Waals surface area (Å²) in [5.41, 5.74) is 0. The Morgan fingerprint density at radius 2 is 2.60 bits per heavy atom. The van der Waals surface area contributed by atoms with E-state index >= 15 is 0 Å². The Balaban J connectivity index is 2.52. The van der Waals surface area contributed by atoms with Crippen LogP contribution in [0.4, 0.5) is 0 Å². The first kappa shape index (κ1) is 5.65. The number of aromatic nitrogens is 2. The zero-order valence-electron chi connectivity index (χ0n) is 5.86. The normalized spacial score (nSPS) is 22.7.